The van der Waals surface area contributed by atoms with Gasteiger partial charge in [0.1, 0.15) is 5.56 Å². The number of amides is 1. The molecule has 0 aliphatic carbocycles. The lowest BCUT2D eigenvalue weighted by Gasteiger charge is -2.21. The third kappa shape index (κ3) is 4.50. The number of aryl methyl sites for hydroxylation is 2. The molecule has 1 aromatic heterocycles. The SMILES string of the molecule is CCc1c(C(=O)Nc2c(C)cccc2C)c(=O)c(Br)c(C)n1CCCOC. The number of rotatable bonds is 7. The van der Waals surface area contributed by atoms with Crippen molar-refractivity contribution in [2.75, 3.05) is 19.0 Å². The summed E-state index contributed by atoms with van der Waals surface area (Å²) >= 11 is 3.39. The molecular weight excluding hydrogens is 408 g/mol. The zero-order valence-corrected chi connectivity index (χ0v) is 18.2. The Morgan fingerprint density at radius 1 is 1.22 bits per heavy atom. The number of hydrogen-bond acceptors (Lipinski definition) is 3. The number of nitrogens with zero attached hydrogens (tertiary/aromatic N) is 1. The van der Waals surface area contributed by atoms with E-state index in [0.29, 0.717) is 24.0 Å². The van der Waals surface area contributed by atoms with Crippen molar-refractivity contribution >= 4 is 27.5 Å². The van der Waals surface area contributed by atoms with Gasteiger partial charge in [0.15, 0.2) is 0 Å². The Morgan fingerprint density at radius 2 is 1.85 bits per heavy atom. The van der Waals surface area contributed by atoms with Gasteiger partial charge in [-0.15, -0.1) is 0 Å². The smallest absolute Gasteiger partial charge is 0.261 e. The summed E-state index contributed by atoms with van der Waals surface area (Å²) in [5, 5.41) is 2.95. The van der Waals surface area contributed by atoms with E-state index in [-0.39, 0.29) is 16.9 Å². The predicted octanol–water partition coefficient (Wildman–Crippen LogP) is 4.39. The van der Waals surface area contributed by atoms with E-state index in [0.717, 1.165) is 34.6 Å². The molecule has 0 atom stereocenters. The number of nitrogens with one attached hydrogen (secondary N) is 1. The minimum atomic E-state index is -0.365. The van der Waals surface area contributed by atoms with E-state index in [9.17, 15) is 9.59 Å². The first-order valence-corrected chi connectivity index (χ1v) is 9.91. The summed E-state index contributed by atoms with van der Waals surface area (Å²) in [5.41, 5.74) is 4.20. The standard InChI is InChI=1S/C21H27BrN2O3/c1-6-16-17(21(26)23-19-13(2)9-7-10-14(19)3)20(25)18(22)15(4)24(16)11-8-12-27-5/h7,9-10H,6,8,11-12H2,1-5H3,(H,23,26). The highest BCUT2D eigenvalue weighted by Crippen LogP contribution is 2.23. The van der Waals surface area contributed by atoms with E-state index in [1.807, 2.05) is 50.5 Å². The van der Waals surface area contributed by atoms with Crippen LogP contribution in [0.5, 0.6) is 0 Å². The van der Waals surface area contributed by atoms with Gasteiger partial charge in [-0.25, -0.2) is 0 Å². The largest absolute Gasteiger partial charge is 0.385 e. The topological polar surface area (TPSA) is 60.3 Å². The molecule has 0 saturated heterocycles. The van der Waals surface area contributed by atoms with Crippen LogP contribution in [0.1, 0.15) is 46.2 Å². The molecule has 0 fully saturated rings. The normalized spacial score (nSPS) is 10.9. The van der Waals surface area contributed by atoms with Gasteiger partial charge in [0, 0.05) is 37.3 Å². The molecule has 0 aliphatic heterocycles. The van der Waals surface area contributed by atoms with Gasteiger partial charge in [0.05, 0.1) is 4.47 Å². The van der Waals surface area contributed by atoms with E-state index >= 15 is 0 Å². The number of halogens is 1. The molecule has 0 bridgehead atoms. The van der Waals surface area contributed by atoms with Crippen molar-refractivity contribution in [1.82, 2.24) is 4.57 Å². The van der Waals surface area contributed by atoms with Crippen molar-refractivity contribution in [2.24, 2.45) is 0 Å². The monoisotopic (exact) mass is 434 g/mol. The fourth-order valence-electron chi connectivity index (χ4n) is 3.32. The molecule has 0 unspecified atom stereocenters. The molecule has 0 spiro atoms. The fourth-order valence-corrected chi connectivity index (χ4v) is 3.73. The number of carbonyl (C=O) groups excluding carboxylic acids is 1. The number of aromatic nitrogens is 1. The Kier molecular flexibility index (Phi) is 7.39. The summed E-state index contributed by atoms with van der Waals surface area (Å²) in [6, 6.07) is 5.83. The first-order valence-electron chi connectivity index (χ1n) is 9.11. The molecule has 1 N–H and O–H groups in total. The Morgan fingerprint density at radius 3 is 2.41 bits per heavy atom. The van der Waals surface area contributed by atoms with Gasteiger partial charge < -0.3 is 14.6 Å². The number of methoxy groups -OCH3 is 1. The molecule has 5 nitrogen and oxygen atoms in total. The number of pyridine rings is 1. The Balaban J connectivity index is 2.54. The van der Waals surface area contributed by atoms with Crippen LogP contribution in [-0.2, 0) is 17.7 Å². The molecule has 27 heavy (non-hydrogen) atoms. The van der Waals surface area contributed by atoms with E-state index < -0.39 is 0 Å². The highest BCUT2D eigenvalue weighted by atomic mass is 79.9. The molecule has 1 heterocycles. The highest BCUT2D eigenvalue weighted by Gasteiger charge is 2.23. The molecular formula is C21H27BrN2O3. The van der Waals surface area contributed by atoms with Crippen molar-refractivity contribution in [2.45, 2.75) is 47.1 Å². The van der Waals surface area contributed by atoms with E-state index in [1.165, 1.54) is 0 Å². The maximum atomic E-state index is 13.1. The average molecular weight is 435 g/mol. The molecule has 0 radical (unpaired) electrons. The second-order valence-electron chi connectivity index (χ2n) is 6.62. The van der Waals surface area contributed by atoms with Crippen molar-refractivity contribution in [1.29, 1.82) is 0 Å². The van der Waals surface area contributed by atoms with Gasteiger partial charge in [-0.1, -0.05) is 25.1 Å². The van der Waals surface area contributed by atoms with Gasteiger partial charge in [-0.2, -0.15) is 0 Å². The maximum absolute atomic E-state index is 13.1. The maximum Gasteiger partial charge on any atom is 0.261 e. The molecule has 1 aromatic carbocycles. The van der Waals surface area contributed by atoms with E-state index in [4.69, 9.17) is 4.74 Å². The number of benzene rings is 1. The van der Waals surface area contributed by atoms with Gasteiger partial charge in [-0.3, -0.25) is 9.59 Å². The lowest BCUT2D eigenvalue weighted by atomic mass is 10.1. The summed E-state index contributed by atoms with van der Waals surface area (Å²) < 4.78 is 7.63. The zero-order valence-electron chi connectivity index (χ0n) is 16.6. The second-order valence-corrected chi connectivity index (χ2v) is 7.42. The third-order valence-electron chi connectivity index (χ3n) is 4.78. The van der Waals surface area contributed by atoms with E-state index in [2.05, 4.69) is 21.2 Å². The highest BCUT2D eigenvalue weighted by molar-refractivity contribution is 9.10. The first-order chi connectivity index (χ1) is 12.8. The Bertz CT molecular complexity index is 883. The minimum absolute atomic E-state index is 0.204. The molecule has 0 saturated carbocycles. The van der Waals surface area contributed by atoms with Crippen molar-refractivity contribution in [3.63, 3.8) is 0 Å². The Labute approximate surface area is 168 Å². The lowest BCUT2D eigenvalue weighted by Crippen LogP contribution is -2.30. The third-order valence-corrected chi connectivity index (χ3v) is 5.71. The van der Waals surface area contributed by atoms with Crippen molar-refractivity contribution < 1.29 is 9.53 Å². The number of hydrogen-bond donors (Lipinski definition) is 1. The fraction of sp³-hybridized carbons (Fsp3) is 0.429. The van der Waals surface area contributed by atoms with Crippen LogP contribution in [-0.4, -0.2) is 24.2 Å². The molecule has 2 aromatic rings. The summed E-state index contributed by atoms with van der Waals surface area (Å²) in [5.74, 6) is -0.365. The quantitative estimate of drug-likeness (QED) is 0.657. The molecule has 0 aliphatic rings. The molecule has 146 valence electrons. The van der Waals surface area contributed by atoms with Gasteiger partial charge in [-0.05, 0) is 60.7 Å². The molecule has 1 amide bonds. The van der Waals surface area contributed by atoms with Crippen LogP contribution in [0.3, 0.4) is 0 Å². The molecule has 2 rings (SSSR count). The summed E-state index contributed by atoms with van der Waals surface area (Å²) in [6.07, 6.45) is 1.39. The van der Waals surface area contributed by atoms with Gasteiger partial charge in [0.25, 0.3) is 5.91 Å². The van der Waals surface area contributed by atoms with Crippen molar-refractivity contribution in [3.05, 3.63) is 61.0 Å². The summed E-state index contributed by atoms with van der Waals surface area (Å²) in [4.78, 5) is 26.0. The number of carbonyl (C=O) groups is 1. The minimum Gasteiger partial charge on any atom is -0.385 e. The number of ether oxygens (including phenoxy) is 1. The number of para-hydroxylation sites is 1. The van der Waals surface area contributed by atoms with Gasteiger partial charge in [0.2, 0.25) is 5.43 Å². The zero-order chi connectivity index (χ0) is 20.1. The van der Waals surface area contributed by atoms with Crippen LogP contribution in [0.25, 0.3) is 0 Å². The van der Waals surface area contributed by atoms with Crippen LogP contribution in [0.15, 0.2) is 27.5 Å². The number of anilines is 1. The van der Waals surface area contributed by atoms with E-state index in [1.54, 1.807) is 7.11 Å². The van der Waals surface area contributed by atoms with Crippen LogP contribution in [0.4, 0.5) is 5.69 Å². The first kappa shape index (κ1) is 21.4. The second kappa shape index (κ2) is 9.33. The summed E-state index contributed by atoms with van der Waals surface area (Å²) in [7, 11) is 1.66. The van der Waals surface area contributed by atoms with Crippen LogP contribution in [0, 0.1) is 20.8 Å². The predicted molar refractivity (Wildman–Crippen MR) is 113 cm³/mol. The molecule has 6 heteroatoms. The Hall–Kier alpha value is -1.92. The summed E-state index contributed by atoms with van der Waals surface area (Å²) in [6.45, 7) is 9.05. The van der Waals surface area contributed by atoms with Gasteiger partial charge >= 0.3 is 0 Å². The average Bonchev–Trinajstić information content (AvgIpc) is 2.64. The van der Waals surface area contributed by atoms with Crippen LogP contribution < -0.4 is 10.7 Å². The van der Waals surface area contributed by atoms with Crippen molar-refractivity contribution in [3.8, 4) is 0 Å². The van der Waals surface area contributed by atoms with Crippen LogP contribution >= 0.6 is 15.9 Å². The lowest BCUT2D eigenvalue weighted by molar-refractivity contribution is 0.102. The van der Waals surface area contributed by atoms with Crippen LogP contribution in [0.2, 0.25) is 0 Å².